The molecular formula is C20H17BrN4O2S. The van der Waals surface area contributed by atoms with Crippen molar-refractivity contribution < 1.29 is 9.21 Å². The van der Waals surface area contributed by atoms with Crippen LogP contribution in [0.4, 0.5) is 5.82 Å². The highest BCUT2D eigenvalue weighted by molar-refractivity contribution is 9.10. The summed E-state index contributed by atoms with van der Waals surface area (Å²) in [5.74, 6) is 1.63. The molecule has 1 N–H and O–H groups in total. The lowest BCUT2D eigenvalue weighted by Crippen LogP contribution is -2.17. The summed E-state index contributed by atoms with van der Waals surface area (Å²) in [6.45, 7) is 3.71. The molecule has 6 nitrogen and oxygen atoms in total. The average molecular weight is 457 g/mol. The van der Waals surface area contributed by atoms with Gasteiger partial charge in [-0.1, -0.05) is 28.1 Å². The number of carbonyl (C=O) groups is 1. The van der Waals surface area contributed by atoms with Crippen LogP contribution in [0.2, 0.25) is 0 Å². The smallest absolute Gasteiger partial charge is 0.236 e. The Morgan fingerprint density at radius 3 is 2.86 bits per heavy atom. The maximum Gasteiger partial charge on any atom is 0.236 e. The van der Waals surface area contributed by atoms with Crippen molar-refractivity contribution >= 4 is 39.0 Å². The van der Waals surface area contributed by atoms with Crippen molar-refractivity contribution in [2.45, 2.75) is 20.3 Å². The molecule has 3 heterocycles. The van der Waals surface area contributed by atoms with E-state index in [0.29, 0.717) is 23.2 Å². The van der Waals surface area contributed by atoms with Gasteiger partial charge in [0, 0.05) is 10.5 Å². The third-order valence-corrected chi connectivity index (χ3v) is 5.46. The molecule has 0 saturated heterocycles. The van der Waals surface area contributed by atoms with Crippen molar-refractivity contribution in [3.05, 3.63) is 69.5 Å². The first-order valence-electron chi connectivity index (χ1n) is 8.62. The molecule has 0 bridgehead atoms. The van der Waals surface area contributed by atoms with Gasteiger partial charge in [-0.15, -0.1) is 11.3 Å². The highest BCUT2D eigenvalue weighted by Gasteiger charge is 2.17. The van der Waals surface area contributed by atoms with Gasteiger partial charge < -0.3 is 9.73 Å². The van der Waals surface area contributed by atoms with Crippen LogP contribution < -0.4 is 5.32 Å². The largest absolute Gasteiger partial charge is 0.440 e. The van der Waals surface area contributed by atoms with Gasteiger partial charge in [-0.3, -0.25) is 4.79 Å². The molecule has 1 amide bonds. The predicted molar refractivity (Wildman–Crippen MR) is 113 cm³/mol. The lowest BCUT2D eigenvalue weighted by atomic mass is 10.2. The molecule has 0 atom stereocenters. The number of thiophene rings is 1. The number of hydrogen-bond donors (Lipinski definition) is 1. The minimum Gasteiger partial charge on any atom is -0.440 e. The number of aromatic nitrogens is 3. The van der Waals surface area contributed by atoms with E-state index < -0.39 is 0 Å². The highest BCUT2D eigenvalue weighted by Crippen LogP contribution is 2.26. The van der Waals surface area contributed by atoms with Crippen molar-refractivity contribution in [1.29, 1.82) is 0 Å². The topological polar surface area (TPSA) is 73.0 Å². The molecule has 0 unspecified atom stereocenters. The standard InChI is InChI=1S/C20H17BrN4O2S/c1-12-9-18(25(24-12)15-6-3-5-14(21)10-15)23-19(26)11-16-13(2)27-20(22-16)17-7-4-8-28-17/h3-10H,11H2,1-2H3,(H,23,26). The number of oxazole rings is 1. The van der Waals surface area contributed by atoms with Crippen LogP contribution in [0.1, 0.15) is 17.1 Å². The van der Waals surface area contributed by atoms with Crippen molar-refractivity contribution in [2.24, 2.45) is 0 Å². The normalized spacial score (nSPS) is 11.0. The second-order valence-electron chi connectivity index (χ2n) is 6.29. The monoisotopic (exact) mass is 456 g/mol. The molecule has 0 saturated carbocycles. The van der Waals surface area contributed by atoms with Crippen LogP contribution in [-0.4, -0.2) is 20.7 Å². The first-order valence-corrected chi connectivity index (χ1v) is 10.3. The van der Waals surface area contributed by atoms with Crippen molar-refractivity contribution in [1.82, 2.24) is 14.8 Å². The molecule has 4 aromatic rings. The number of amides is 1. The molecule has 1 aromatic carbocycles. The van der Waals surface area contributed by atoms with E-state index in [1.807, 2.05) is 61.7 Å². The summed E-state index contributed by atoms with van der Waals surface area (Å²) in [5.41, 5.74) is 2.30. The lowest BCUT2D eigenvalue weighted by Gasteiger charge is -2.09. The number of carbonyl (C=O) groups excluding carboxylic acids is 1. The van der Waals surface area contributed by atoms with Crippen LogP contribution >= 0.6 is 27.3 Å². The number of aryl methyl sites for hydroxylation is 2. The molecule has 0 aliphatic heterocycles. The van der Waals surface area contributed by atoms with Crippen LogP contribution in [0.15, 0.2) is 56.7 Å². The second kappa shape index (κ2) is 7.73. The summed E-state index contributed by atoms with van der Waals surface area (Å²) in [6.07, 6.45) is 0.128. The lowest BCUT2D eigenvalue weighted by molar-refractivity contribution is -0.115. The van der Waals surface area contributed by atoms with Gasteiger partial charge >= 0.3 is 0 Å². The van der Waals surface area contributed by atoms with E-state index >= 15 is 0 Å². The van der Waals surface area contributed by atoms with Crippen LogP contribution in [-0.2, 0) is 11.2 Å². The van der Waals surface area contributed by atoms with E-state index in [9.17, 15) is 4.79 Å². The van der Waals surface area contributed by atoms with Crippen LogP contribution in [0.5, 0.6) is 0 Å². The Labute approximate surface area is 174 Å². The first kappa shape index (κ1) is 18.6. The molecule has 0 radical (unpaired) electrons. The molecule has 28 heavy (non-hydrogen) atoms. The Hall–Kier alpha value is -2.71. The molecular weight excluding hydrogens is 440 g/mol. The second-order valence-corrected chi connectivity index (χ2v) is 8.15. The summed E-state index contributed by atoms with van der Waals surface area (Å²) in [5, 5.41) is 9.39. The molecule has 3 aromatic heterocycles. The number of nitrogens with zero attached hydrogens (tertiary/aromatic N) is 3. The molecule has 0 spiro atoms. The van der Waals surface area contributed by atoms with Gasteiger partial charge in [-0.2, -0.15) is 5.10 Å². The average Bonchev–Trinajstić information content (AvgIpc) is 3.36. The summed E-state index contributed by atoms with van der Waals surface area (Å²) >= 11 is 5.02. The Morgan fingerprint density at radius 2 is 2.11 bits per heavy atom. The summed E-state index contributed by atoms with van der Waals surface area (Å²) in [7, 11) is 0. The van der Waals surface area contributed by atoms with E-state index in [1.165, 1.54) is 0 Å². The van der Waals surface area contributed by atoms with E-state index in [4.69, 9.17) is 4.42 Å². The Bertz CT molecular complexity index is 1130. The third kappa shape index (κ3) is 3.93. The van der Waals surface area contributed by atoms with Crippen LogP contribution in [0.25, 0.3) is 16.5 Å². The number of hydrogen-bond acceptors (Lipinski definition) is 5. The molecule has 0 aliphatic rings. The van der Waals surface area contributed by atoms with Gasteiger partial charge in [0.25, 0.3) is 0 Å². The number of rotatable bonds is 5. The third-order valence-electron chi connectivity index (χ3n) is 4.10. The zero-order valence-corrected chi connectivity index (χ0v) is 17.7. The van der Waals surface area contributed by atoms with Crippen LogP contribution in [0, 0.1) is 13.8 Å². The molecule has 142 valence electrons. The van der Waals surface area contributed by atoms with E-state index in [1.54, 1.807) is 16.0 Å². The van der Waals surface area contributed by atoms with E-state index in [2.05, 4.69) is 31.3 Å². The highest BCUT2D eigenvalue weighted by atomic mass is 79.9. The minimum atomic E-state index is -0.176. The zero-order valence-electron chi connectivity index (χ0n) is 15.3. The summed E-state index contributed by atoms with van der Waals surface area (Å²) in [4.78, 5) is 18.1. The molecule has 0 fully saturated rings. The zero-order chi connectivity index (χ0) is 19.7. The summed E-state index contributed by atoms with van der Waals surface area (Å²) < 4.78 is 8.37. The number of halogens is 1. The first-order chi connectivity index (χ1) is 13.5. The van der Waals surface area contributed by atoms with Gasteiger partial charge in [0.2, 0.25) is 11.8 Å². The number of nitrogens with one attached hydrogen (secondary N) is 1. The minimum absolute atomic E-state index is 0.128. The number of benzene rings is 1. The SMILES string of the molecule is Cc1cc(NC(=O)Cc2nc(-c3cccs3)oc2C)n(-c2cccc(Br)c2)n1. The van der Waals surface area contributed by atoms with E-state index in [-0.39, 0.29) is 12.3 Å². The van der Waals surface area contributed by atoms with Gasteiger partial charge in [0.05, 0.1) is 28.4 Å². The van der Waals surface area contributed by atoms with Crippen molar-refractivity contribution in [3.8, 4) is 16.5 Å². The van der Waals surface area contributed by atoms with Gasteiger partial charge in [0.1, 0.15) is 11.6 Å². The molecule has 0 aliphatic carbocycles. The van der Waals surface area contributed by atoms with E-state index in [0.717, 1.165) is 20.7 Å². The van der Waals surface area contributed by atoms with Crippen LogP contribution in [0.3, 0.4) is 0 Å². The molecule has 8 heteroatoms. The maximum absolute atomic E-state index is 12.6. The predicted octanol–water partition coefficient (Wildman–Crippen LogP) is 5.15. The fourth-order valence-electron chi connectivity index (χ4n) is 2.83. The van der Waals surface area contributed by atoms with Gasteiger partial charge in [0.15, 0.2) is 0 Å². The number of anilines is 1. The Kier molecular flexibility index (Phi) is 5.15. The fraction of sp³-hybridized carbons (Fsp3) is 0.150. The van der Waals surface area contributed by atoms with Gasteiger partial charge in [-0.25, -0.2) is 9.67 Å². The van der Waals surface area contributed by atoms with Crippen molar-refractivity contribution in [3.63, 3.8) is 0 Å². The summed E-state index contributed by atoms with van der Waals surface area (Å²) in [6, 6.07) is 13.5. The fourth-order valence-corrected chi connectivity index (χ4v) is 3.87. The molecule has 4 rings (SSSR count). The van der Waals surface area contributed by atoms with Crippen molar-refractivity contribution in [2.75, 3.05) is 5.32 Å². The van der Waals surface area contributed by atoms with Gasteiger partial charge in [-0.05, 0) is 43.5 Å². The quantitative estimate of drug-likeness (QED) is 0.450. The maximum atomic E-state index is 12.6. The Morgan fingerprint density at radius 1 is 1.25 bits per heavy atom. The Balaban J connectivity index is 1.54.